The van der Waals surface area contributed by atoms with Crippen LogP contribution >= 0.6 is 0 Å². The molecule has 3 aromatic rings. The quantitative estimate of drug-likeness (QED) is 0.308. The average Bonchev–Trinajstić information content (AvgIpc) is 3.32. The second-order valence-electron chi connectivity index (χ2n) is 12.9. The summed E-state index contributed by atoms with van der Waals surface area (Å²) in [6.07, 6.45) is 8.75. The van der Waals surface area contributed by atoms with Crippen LogP contribution in [0, 0.1) is 30.1 Å². The van der Waals surface area contributed by atoms with Gasteiger partial charge in [0.1, 0.15) is 17.3 Å². The van der Waals surface area contributed by atoms with Gasteiger partial charge in [0.05, 0.1) is 0 Å². The van der Waals surface area contributed by atoms with E-state index >= 15 is 0 Å². The molecule has 10 heteroatoms. The van der Waals surface area contributed by atoms with Gasteiger partial charge in [-0.2, -0.15) is 0 Å². The first-order valence-electron chi connectivity index (χ1n) is 15.2. The van der Waals surface area contributed by atoms with Gasteiger partial charge in [0.25, 0.3) is 17.4 Å². The van der Waals surface area contributed by atoms with E-state index in [9.17, 15) is 24.0 Å². The highest BCUT2D eigenvalue weighted by Crippen LogP contribution is 2.60. The predicted molar refractivity (Wildman–Crippen MR) is 160 cm³/mol. The monoisotopic (exact) mass is 586 g/mol. The van der Waals surface area contributed by atoms with Gasteiger partial charge in [0, 0.05) is 37.2 Å². The van der Waals surface area contributed by atoms with E-state index in [1.165, 1.54) is 26.3 Å². The Morgan fingerprint density at radius 2 is 1.67 bits per heavy atom. The summed E-state index contributed by atoms with van der Waals surface area (Å²) in [7, 11) is 1.35. The smallest absolute Gasteiger partial charge is 0.287 e. The van der Waals surface area contributed by atoms with E-state index in [0.717, 1.165) is 42.4 Å². The minimum Gasteiger partial charge on any atom is -0.451 e. The lowest BCUT2D eigenvalue weighted by Crippen LogP contribution is -2.49. The van der Waals surface area contributed by atoms with Crippen LogP contribution in [0.1, 0.15) is 67.5 Å². The van der Waals surface area contributed by atoms with Gasteiger partial charge in [-0.3, -0.25) is 24.0 Å². The largest absolute Gasteiger partial charge is 0.451 e. The van der Waals surface area contributed by atoms with E-state index in [0.29, 0.717) is 17.7 Å². The standard InChI is InChI=1S/C33H38N4O6/c1-19-23-6-3-4-8-27(23)43-28(19)31(41)35-24(9-10-26(38)30(40)34-2)29(39)36-25-7-5-11-37(32(25)42)18-33-15-20-12-21(16-33)14-22(13-20)17-33/h3-8,11,20-22,24H,9-10,12-18H2,1-2H3,(H,34,40)(H,35,41)(H,36,39)/t20?,21?,22?,24-,33?/m0/s1. The number of benzene rings is 1. The maximum absolute atomic E-state index is 13.6. The summed E-state index contributed by atoms with van der Waals surface area (Å²) in [4.78, 5) is 64.5. The second kappa shape index (κ2) is 11.5. The van der Waals surface area contributed by atoms with E-state index in [2.05, 4.69) is 16.0 Å². The van der Waals surface area contributed by atoms with Crippen LogP contribution in [-0.2, 0) is 20.9 Å². The fourth-order valence-corrected chi connectivity index (χ4v) is 8.23. The SMILES string of the molecule is CNC(=O)C(=O)CC[C@H](NC(=O)c1oc2ccccc2c1C)C(=O)Nc1cccn(CC23CC4CC(CC(C4)C2)C3)c1=O. The van der Waals surface area contributed by atoms with Crippen molar-refractivity contribution < 1.29 is 23.6 Å². The van der Waals surface area contributed by atoms with E-state index in [1.54, 1.807) is 42.0 Å². The minimum atomic E-state index is -1.20. The molecular weight excluding hydrogens is 548 g/mol. The third-order valence-electron chi connectivity index (χ3n) is 9.76. The molecule has 1 aromatic carbocycles. The Morgan fingerprint density at radius 3 is 2.33 bits per heavy atom. The molecule has 2 aromatic heterocycles. The number of nitrogens with one attached hydrogen (secondary N) is 3. The number of hydrogen-bond donors (Lipinski definition) is 3. The van der Waals surface area contributed by atoms with E-state index < -0.39 is 29.5 Å². The molecule has 3 amide bonds. The van der Waals surface area contributed by atoms with Crippen LogP contribution in [0.25, 0.3) is 11.0 Å². The number of rotatable bonds is 10. The van der Waals surface area contributed by atoms with Crippen LogP contribution in [0.5, 0.6) is 0 Å². The molecule has 43 heavy (non-hydrogen) atoms. The normalized spacial score (nSPS) is 24.5. The highest BCUT2D eigenvalue weighted by molar-refractivity contribution is 6.36. The fraction of sp³-hybridized carbons (Fsp3) is 0.485. The molecule has 2 heterocycles. The summed E-state index contributed by atoms with van der Waals surface area (Å²) in [5.41, 5.74) is 1.08. The lowest BCUT2D eigenvalue weighted by molar-refractivity contribution is -0.137. The molecular formula is C33H38N4O6. The topological polar surface area (TPSA) is 140 Å². The van der Waals surface area contributed by atoms with Crippen molar-refractivity contribution in [3.63, 3.8) is 0 Å². The van der Waals surface area contributed by atoms with Crippen molar-refractivity contribution in [3.8, 4) is 0 Å². The van der Waals surface area contributed by atoms with E-state index in [1.807, 2.05) is 12.1 Å². The Balaban J connectivity index is 1.20. The van der Waals surface area contributed by atoms with Crippen molar-refractivity contribution in [2.45, 2.75) is 70.9 Å². The first-order valence-corrected chi connectivity index (χ1v) is 15.2. The Labute approximate surface area is 249 Å². The molecule has 0 spiro atoms. The number of furan rings is 1. The first-order chi connectivity index (χ1) is 20.6. The first kappa shape index (κ1) is 28.9. The van der Waals surface area contributed by atoms with Crippen molar-refractivity contribution in [3.05, 3.63) is 64.3 Å². The number of nitrogens with zero attached hydrogens (tertiary/aromatic N) is 1. The Bertz CT molecular complexity index is 1620. The van der Waals surface area contributed by atoms with Gasteiger partial charge in [0.15, 0.2) is 5.76 Å². The molecule has 4 aliphatic carbocycles. The maximum atomic E-state index is 13.6. The van der Waals surface area contributed by atoms with Gasteiger partial charge in [-0.05, 0) is 93.2 Å². The van der Waals surface area contributed by atoms with Crippen molar-refractivity contribution in [2.75, 3.05) is 12.4 Å². The average molecular weight is 587 g/mol. The van der Waals surface area contributed by atoms with Crippen molar-refractivity contribution in [2.24, 2.45) is 23.2 Å². The number of para-hydroxylation sites is 1. The molecule has 1 atom stereocenters. The summed E-state index contributed by atoms with van der Waals surface area (Å²) in [6.45, 7) is 2.38. The lowest BCUT2D eigenvalue weighted by Gasteiger charge is -2.57. The number of Topliss-reactive ketones (excluding diaryl/α,β-unsaturated/α-hetero) is 1. The molecule has 4 fully saturated rings. The zero-order valence-electron chi connectivity index (χ0n) is 24.6. The van der Waals surface area contributed by atoms with Crippen LogP contribution in [-0.4, -0.2) is 41.2 Å². The van der Waals surface area contributed by atoms with Crippen LogP contribution in [0.2, 0.25) is 0 Å². The number of aromatic nitrogens is 1. The molecule has 10 nitrogen and oxygen atoms in total. The molecule has 0 radical (unpaired) electrons. The number of hydrogen-bond acceptors (Lipinski definition) is 6. The van der Waals surface area contributed by atoms with Crippen molar-refractivity contribution >= 4 is 40.2 Å². The number of carbonyl (C=O) groups excluding carboxylic acids is 4. The Kier molecular flexibility index (Phi) is 7.70. The predicted octanol–water partition coefficient (Wildman–Crippen LogP) is 3.95. The number of amides is 3. The third kappa shape index (κ3) is 5.75. The molecule has 0 aliphatic heterocycles. The summed E-state index contributed by atoms with van der Waals surface area (Å²) >= 11 is 0. The summed E-state index contributed by atoms with van der Waals surface area (Å²) in [5.74, 6) is -0.480. The number of pyridine rings is 1. The molecule has 3 N–H and O–H groups in total. The maximum Gasteiger partial charge on any atom is 0.287 e. The van der Waals surface area contributed by atoms with Gasteiger partial charge in [0.2, 0.25) is 11.7 Å². The summed E-state index contributed by atoms with van der Waals surface area (Å²) in [5, 5.41) is 8.41. The van der Waals surface area contributed by atoms with Gasteiger partial charge >= 0.3 is 0 Å². The Hall–Kier alpha value is -4.21. The highest BCUT2D eigenvalue weighted by atomic mass is 16.3. The second-order valence-corrected chi connectivity index (χ2v) is 12.9. The molecule has 4 saturated carbocycles. The van der Waals surface area contributed by atoms with Crippen LogP contribution in [0.15, 0.2) is 51.8 Å². The van der Waals surface area contributed by atoms with Gasteiger partial charge in [-0.15, -0.1) is 0 Å². The molecule has 7 rings (SSSR count). The lowest BCUT2D eigenvalue weighted by atomic mass is 9.49. The van der Waals surface area contributed by atoms with E-state index in [-0.39, 0.29) is 35.3 Å². The molecule has 0 unspecified atom stereocenters. The van der Waals surface area contributed by atoms with Gasteiger partial charge in [-0.25, -0.2) is 0 Å². The highest BCUT2D eigenvalue weighted by Gasteiger charge is 2.51. The molecule has 0 saturated heterocycles. The van der Waals surface area contributed by atoms with E-state index in [4.69, 9.17) is 4.42 Å². The minimum absolute atomic E-state index is 0.0502. The van der Waals surface area contributed by atoms with Crippen LogP contribution in [0.4, 0.5) is 5.69 Å². The fourth-order valence-electron chi connectivity index (χ4n) is 8.23. The number of aryl methyl sites for hydroxylation is 1. The molecule has 4 bridgehead atoms. The number of carbonyl (C=O) groups is 4. The van der Waals surface area contributed by atoms with Crippen molar-refractivity contribution in [1.29, 1.82) is 0 Å². The summed E-state index contributed by atoms with van der Waals surface area (Å²) < 4.78 is 7.47. The van der Waals surface area contributed by atoms with Crippen LogP contribution < -0.4 is 21.5 Å². The molecule has 226 valence electrons. The number of anilines is 1. The van der Waals surface area contributed by atoms with Crippen LogP contribution in [0.3, 0.4) is 0 Å². The van der Waals surface area contributed by atoms with Crippen molar-refractivity contribution in [1.82, 2.24) is 15.2 Å². The van der Waals surface area contributed by atoms with Gasteiger partial charge in [-0.1, -0.05) is 18.2 Å². The zero-order chi connectivity index (χ0) is 30.3. The number of fused-ring (bicyclic) bond motifs is 1. The number of likely N-dealkylation sites (N-methyl/N-ethyl adjacent to an activating group) is 1. The zero-order valence-corrected chi connectivity index (χ0v) is 24.6. The third-order valence-corrected chi connectivity index (χ3v) is 9.76. The number of ketones is 1. The summed E-state index contributed by atoms with van der Waals surface area (Å²) in [6, 6.07) is 9.31. The molecule has 4 aliphatic rings. The van der Waals surface area contributed by atoms with Gasteiger partial charge < -0.3 is 24.9 Å². The Morgan fingerprint density at radius 1 is 1.00 bits per heavy atom.